The van der Waals surface area contributed by atoms with Crippen molar-refractivity contribution in [1.82, 2.24) is 4.57 Å². The number of hydrogen-bond donors (Lipinski definition) is 3. The van der Waals surface area contributed by atoms with E-state index in [0.717, 1.165) is 33.6 Å². The summed E-state index contributed by atoms with van der Waals surface area (Å²) in [5.74, 6) is 0.537. The second kappa shape index (κ2) is 8.59. The molecule has 0 aliphatic rings. The van der Waals surface area contributed by atoms with Crippen LogP contribution < -0.4 is 15.4 Å². The minimum atomic E-state index is -0.233. The van der Waals surface area contributed by atoms with E-state index in [1.165, 1.54) is 0 Å². The number of aromatic nitrogens is 1. The number of benzene rings is 3. The van der Waals surface area contributed by atoms with Crippen LogP contribution in [0.5, 0.6) is 5.75 Å². The lowest BCUT2D eigenvalue weighted by Crippen LogP contribution is -2.15. The van der Waals surface area contributed by atoms with Crippen molar-refractivity contribution in [3.63, 3.8) is 0 Å². The SMILES string of the molecule is CNc1ccc(C(=O)Nc2ccc(OC)c(C)c2)cc1C(=N)c1cc2ccccc2n1C. The third kappa shape index (κ3) is 3.83. The van der Waals surface area contributed by atoms with Gasteiger partial charge in [-0.3, -0.25) is 10.2 Å². The summed E-state index contributed by atoms with van der Waals surface area (Å²) in [6.07, 6.45) is 0. The van der Waals surface area contributed by atoms with Gasteiger partial charge in [-0.25, -0.2) is 0 Å². The van der Waals surface area contributed by atoms with E-state index in [9.17, 15) is 4.79 Å². The Kier molecular flexibility index (Phi) is 5.69. The zero-order valence-corrected chi connectivity index (χ0v) is 18.6. The predicted molar refractivity (Wildman–Crippen MR) is 131 cm³/mol. The fourth-order valence-corrected chi connectivity index (χ4v) is 3.94. The van der Waals surface area contributed by atoms with Crippen LogP contribution in [0.3, 0.4) is 0 Å². The van der Waals surface area contributed by atoms with E-state index in [-0.39, 0.29) is 5.91 Å². The molecule has 3 aromatic carbocycles. The number of anilines is 2. The van der Waals surface area contributed by atoms with Crippen LogP contribution in [0.2, 0.25) is 0 Å². The topological polar surface area (TPSA) is 79.1 Å². The average Bonchev–Trinajstić information content (AvgIpc) is 3.15. The van der Waals surface area contributed by atoms with Crippen LogP contribution in [-0.4, -0.2) is 30.3 Å². The number of methoxy groups -OCH3 is 1. The highest BCUT2D eigenvalue weighted by molar-refractivity contribution is 6.16. The molecule has 4 aromatic rings. The molecular formula is C26H26N4O2. The zero-order chi connectivity index (χ0) is 22.8. The number of rotatable bonds is 6. The van der Waals surface area contributed by atoms with Gasteiger partial charge in [-0.15, -0.1) is 0 Å². The fraction of sp³-hybridized carbons (Fsp3) is 0.154. The number of nitrogens with zero attached hydrogens (tertiary/aromatic N) is 1. The summed E-state index contributed by atoms with van der Waals surface area (Å²) < 4.78 is 7.29. The quantitative estimate of drug-likeness (QED) is 0.371. The van der Waals surface area contributed by atoms with E-state index in [1.54, 1.807) is 19.2 Å². The van der Waals surface area contributed by atoms with Crippen LogP contribution in [0.15, 0.2) is 66.7 Å². The van der Waals surface area contributed by atoms with Gasteiger partial charge in [-0.2, -0.15) is 0 Å². The van der Waals surface area contributed by atoms with Crippen LogP contribution >= 0.6 is 0 Å². The first-order chi connectivity index (χ1) is 15.4. The average molecular weight is 427 g/mol. The highest BCUT2D eigenvalue weighted by Gasteiger charge is 2.17. The summed E-state index contributed by atoms with van der Waals surface area (Å²) in [5, 5.41) is 16.1. The first-order valence-corrected chi connectivity index (χ1v) is 10.3. The Morgan fingerprint density at radius 2 is 1.81 bits per heavy atom. The van der Waals surface area contributed by atoms with Crippen molar-refractivity contribution in [2.75, 3.05) is 24.8 Å². The van der Waals surface area contributed by atoms with Crippen LogP contribution in [0.1, 0.15) is 27.2 Å². The van der Waals surface area contributed by atoms with Gasteiger partial charge >= 0.3 is 0 Å². The van der Waals surface area contributed by atoms with Crippen molar-refractivity contribution >= 4 is 33.9 Å². The maximum atomic E-state index is 13.0. The summed E-state index contributed by atoms with van der Waals surface area (Å²) in [5.41, 5.74) is 5.76. The number of carbonyl (C=O) groups is 1. The third-order valence-electron chi connectivity index (χ3n) is 5.68. The molecule has 1 aromatic heterocycles. The molecule has 0 saturated carbocycles. The number of nitrogens with one attached hydrogen (secondary N) is 3. The first kappa shape index (κ1) is 21.2. The molecule has 0 aliphatic heterocycles. The lowest BCUT2D eigenvalue weighted by atomic mass is 10.0. The summed E-state index contributed by atoms with van der Waals surface area (Å²) in [7, 11) is 5.39. The highest BCUT2D eigenvalue weighted by atomic mass is 16.5. The van der Waals surface area contributed by atoms with Crippen LogP contribution in [-0.2, 0) is 7.05 Å². The molecule has 32 heavy (non-hydrogen) atoms. The van der Waals surface area contributed by atoms with Gasteiger partial charge in [0.05, 0.1) is 18.5 Å². The lowest BCUT2D eigenvalue weighted by Gasteiger charge is -2.14. The van der Waals surface area contributed by atoms with E-state index in [1.807, 2.05) is 80.2 Å². The molecule has 0 unspecified atom stereocenters. The maximum absolute atomic E-state index is 13.0. The van der Waals surface area contributed by atoms with Gasteiger partial charge in [0.2, 0.25) is 0 Å². The maximum Gasteiger partial charge on any atom is 0.255 e. The third-order valence-corrected chi connectivity index (χ3v) is 5.68. The van der Waals surface area contributed by atoms with Gasteiger partial charge < -0.3 is 19.9 Å². The standard InChI is InChI=1S/C26H26N4O2/c1-16-13-19(10-12-24(16)32-4)29-26(31)18-9-11-21(28-2)20(14-18)25(27)23-15-17-7-5-6-8-22(17)30(23)3/h5-15,27-28H,1-4H3,(H,29,31). The number of ether oxygens (including phenoxy) is 1. The normalized spacial score (nSPS) is 10.8. The summed E-state index contributed by atoms with van der Waals surface area (Å²) in [4.78, 5) is 13.0. The van der Waals surface area contributed by atoms with Crippen molar-refractivity contribution in [1.29, 1.82) is 5.41 Å². The van der Waals surface area contributed by atoms with Crippen LogP contribution in [0.25, 0.3) is 10.9 Å². The number of aryl methyl sites for hydroxylation is 2. The Labute approximate surface area is 187 Å². The molecule has 0 atom stereocenters. The lowest BCUT2D eigenvalue weighted by molar-refractivity contribution is 0.102. The molecule has 1 heterocycles. The molecule has 0 aliphatic carbocycles. The zero-order valence-electron chi connectivity index (χ0n) is 18.6. The van der Waals surface area contributed by atoms with Crippen LogP contribution in [0.4, 0.5) is 11.4 Å². The van der Waals surface area contributed by atoms with Gasteiger partial charge in [-0.05, 0) is 61.0 Å². The monoisotopic (exact) mass is 426 g/mol. The fourth-order valence-electron chi connectivity index (χ4n) is 3.94. The first-order valence-electron chi connectivity index (χ1n) is 10.3. The molecule has 0 radical (unpaired) electrons. The molecule has 0 fully saturated rings. The number of fused-ring (bicyclic) bond motifs is 1. The second-order valence-electron chi connectivity index (χ2n) is 7.67. The molecular weight excluding hydrogens is 400 g/mol. The Morgan fingerprint density at radius 3 is 2.50 bits per heavy atom. The van der Waals surface area contributed by atoms with Crippen LogP contribution in [0, 0.1) is 12.3 Å². The minimum Gasteiger partial charge on any atom is -0.496 e. The van der Waals surface area contributed by atoms with Gasteiger partial charge in [0.1, 0.15) is 5.75 Å². The van der Waals surface area contributed by atoms with E-state index in [2.05, 4.69) is 10.6 Å². The number of carbonyl (C=O) groups excluding carboxylic acids is 1. The van der Waals surface area contributed by atoms with E-state index in [4.69, 9.17) is 10.1 Å². The molecule has 162 valence electrons. The Hall–Kier alpha value is -4.06. The largest absolute Gasteiger partial charge is 0.496 e. The van der Waals surface area contributed by atoms with Crippen molar-refractivity contribution in [3.8, 4) is 5.75 Å². The van der Waals surface area contributed by atoms with Crippen molar-refractivity contribution < 1.29 is 9.53 Å². The van der Waals surface area contributed by atoms with E-state index in [0.29, 0.717) is 22.5 Å². The molecule has 0 spiro atoms. The van der Waals surface area contributed by atoms with Gasteiger partial charge in [0, 0.05) is 47.5 Å². The molecule has 6 nitrogen and oxygen atoms in total. The van der Waals surface area contributed by atoms with Crippen molar-refractivity contribution in [2.24, 2.45) is 7.05 Å². The van der Waals surface area contributed by atoms with Gasteiger partial charge in [-0.1, -0.05) is 18.2 Å². The van der Waals surface area contributed by atoms with Crippen molar-refractivity contribution in [3.05, 3.63) is 89.1 Å². The number of amides is 1. The molecule has 6 heteroatoms. The summed E-state index contributed by atoms with van der Waals surface area (Å²) in [6.45, 7) is 1.93. The second-order valence-corrected chi connectivity index (χ2v) is 7.67. The van der Waals surface area contributed by atoms with E-state index >= 15 is 0 Å². The van der Waals surface area contributed by atoms with Gasteiger partial charge in [0.25, 0.3) is 5.91 Å². The summed E-state index contributed by atoms with van der Waals surface area (Å²) in [6, 6.07) is 20.9. The Balaban J connectivity index is 1.67. The smallest absolute Gasteiger partial charge is 0.255 e. The number of hydrogen-bond acceptors (Lipinski definition) is 4. The minimum absolute atomic E-state index is 0.233. The molecule has 3 N–H and O–H groups in total. The molecule has 1 amide bonds. The summed E-state index contributed by atoms with van der Waals surface area (Å²) >= 11 is 0. The molecule has 0 bridgehead atoms. The van der Waals surface area contributed by atoms with Crippen molar-refractivity contribution in [2.45, 2.75) is 6.92 Å². The Morgan fingerprint density at radius 1 is 1.03 bits per heavy atom. The number of para-hydroxylation sites is 1. The van der Waals surface area contributed by atoms with E-state index < -0.39 is 0 Å². The molecule has 4 rings (SSSR count). The Bertz CT molecular complexity index is 1340. The predicted octanol–water partition coefficient (Wildman–Crippen LogP) is 5.21. The van der Waals surface area contributed by atoms with Gasteiger partial charge in [0.15, 0.2) is 0 Å². The molecule has 0 saturated heterocycles. The highest BCUT2D eigenvalue weighted by Crippen LogP contribution is 2.26.